The zero-order valence-electron chi connectivity index (χ0n) is 2.67. The molecule has 0 bridgehead atoms. The standard InChI is InChI=1S/Al.HO2S2.2H/c;1-4(2)3;;/h;(H,1,2,3);;. The van der Waals surface area contributed by atoms with E-state index in [9.17, 15) is 8.42 Å². The fourth-order valence-electron chi connectivity index (χ4n) is 0. The summed E-state index contributed by atoms with van der Waals surface area (Å²) in [6, 6.07) is 0. The van der Waals surface area contributed by atoms with E-state index in [4.69, 9.17) is 0 Å². The van der Waals surface area contributed by atoms with E-state index in [0.717, 1.165) is 0 Å². The van der Waals surface area contributed by atoms with Gasteiger partial charge in [-0.15, -0.1) is 0 Å². The Balaban J connectivity index is 4.06. The topological polar surface area (TPSA) is 34.1 Å². The van der Waals surface area contributed by atoms with Crippen LogP contribution < -0.4 is 0 Å². The van der Waals surface area contributed by atoms with Crippen molar-refractivity contribution in [1.29, 1.82) is 0 Å². The second-order valence-electron chi connectivity index (χ2n) is 0.733. The molecule has 0 saturated carbocycles. The zero-order chi connectivity index (χ0) is 4.50. The molecule has 0 aromatic heterocycles. The minimum absolute atomic E-state index is 0.144. The third kappa shape index (κ3) is 55.9. The number of hydrogen-bond donors (Lipinski definition) is 1. The number of rotatable bonds is 0. The molecule has 0 aromatic carbocycles. The summed E-state index contributed by atoms with van der Waals surface area (Å²) in [5.41, 5.74) is 0. The predicted molar refractivity (Wildman–Crippen MR) is 26.4 cm³/mol. The Morgan fingerprint density at radius 1 is 1.60 bits per heavy atom. The van der Waals surface area contributed by atoms with Crippen LogP contribution in [0.25, 0.3) is 0 Å². The van der Waals surface area contributed by atoms with Crippen LogP contribution in [0.15, 0.2) is 0 Å². The first-order chi connectivity index (χ1) is 2.00. The fraction of sp³-hybridized carbons (Fsp3) is 0. The normalized spacial score (nSPS) is 11.4. The highest BCUT2D eigenvalue weighted by atomic mass is 33.2. The van der Waals surface area contributed by atoms with Crippen LogP contribution in [0.4, 0.5) is 0 Å². The van der Waals surface area contributed by atoms with Crippen LogP contribution >= 0.6 is 11.7 Å². The molecular weight excluding hydrogens is 123 g/mol. The van der Waals surface area contributed by atoms with Gasteiger partial charge in [-0.25, -0.2) is 8.42 Å². The molecule has 0 spiro atoms. The lowest BCUT2D eigenvalue weighted by molar-refractivity contribution is 0.622. The first-order valence-electron chi connectivity index (χ1n) is 0.924. The van der Waals surface area contributed by atoms with Crippen molar-refractivity contribution in [2.75, 3.05) is 0 Å². The van der Waals surface area contributed by atoms with Gasteiger partial charge in [0.15, 0.2) is 0 Å². The minimum atomic E-state index is -2.83. The summed E-state index contributed by atoms with van der Waals surface area (Å²) in [5.74, 6) is 0. The minimum Gasteiger partial charge on any atom is -0.243 e. The summed E-state index contributed by atoms with van der Waals surface area (Å²) < 4.78 is 19.1. The first-order valence-corrected chi connectivity index (χ1v) is 6.32. The zero-order valence-corrected chi connectivity index (χ0v) is 6.38. The molecule has 0 radical (unpaired) electrons. The van der Waals surface area contributed by atoms with Crippen molar-refractivity contribution in [2.24, 2.45) is 0 Å². The van der Waals surface area contributed by atoms with Crippen molar-refractivity contribution < 1.29 is 8.42 Å². The lowest BCUT2D eigenvalue weighted by Crippen LogP contribution is -1.80. The predicted octanol–water partition coefficient (Wildman–Crippen LogP) is -1.21. The maximum Gasteiger partial charge on any atom is 0.426 e. The number of hydrogen-bond acceptors (Lipinski definition) is 2. The monoisotopic (exact) mass is 126 g/mol. The third-order valence-electron chi connectivity index (χ3n) is 0. The molecule has 30 valence electrons. The molecule has 0 aromatic rings. The summed E-state index contributed by atoms with van der Waals surface area (Å²) in [7, 11) is -2.83. The smallest absolute Gasteiger partial charge is 0.243 e. The van der Waals surface area contributed by atoms with Gasteiger partial charge in [0, 0.05) is 0 Å². The molecule has 0 unspecified atom stereocenters. The van der Waals surface area contributed by atoms with Gasteiger partial charge in [0.05, 0.1) is 7.24 Å². The van der Waals surface area contributed by atoms with Crippen LogP contribution in [-0.4, -0.2) is 23.6 Å². The average Bonchev–Trinajstić information content (AvgIpc) is 0.722. The Labute approximate surface area is 42.8 Å². The van der Waals surface area contributed by atoms with Gasteiger partial charge in [-0.2, -0.15) is 0 Å². The van der Waals surface area contributed by atoms with Crippen molar-refractivity contribution in [3.63, 3.8) is 0 Å². The van der Waals surface area contributed by atoms with Crippen LogP contribution in [-0.2, 0) is 7.24 Å². The Kier molecular flexibility index (Phi) is 1.77. The summed E-state index contributed by atoms with van der Waals surface area (Å²) in [6.45, 7) is 0. The number of thiol groups is 1. The first kappa shape index (κ1) is 5.83. The molecular formula is H3AlO2S2. The highest BCUT2D eigenvalue weighted by Gasteiger charge is 1.82. The Morgan fingerprint density at radius 2 is 1.60 bits per heavy atom. The summed E-state index contributed by atoms with van der Waals surface area (Å²) >= 11 is 3.30. The van der Waals surface area contributed by atoms with Crippen molar-refractivity contribution in [2.45, 2.75) is 0 Å². The van der Waals surface area contributed by atoms with Crippen LogP contribution in [0.2, 0.25) is 0 Å². The van der Waals surface area contributed by atoms with Crippen LogP contribution in [0.5, 0.6) is 0 Å². The van der Waals surface area contributed by atoms with Crippen LogP contribution in [0.3, 0.4) is 0 Å². The van der Waals surface area contributed by atoms with Crippen molar-refractivity contribution >= 4 is 34.1 Å². The van der Waals surface area contributed by atoms with E-state index in [-0.39, 0.29) is 15.2 Å². The van der Waals surface area contributed by atoms with Crippen LogP contribution in [0, 0.1) is 0 Å². The Hall–Kier alpha value is 0.832. The molecule has 0 heterocycles. The summed E-state index contributed by atoms with van der Waals surface area (Å²) in [6.07, 6.45) is 0. The van der Waals surface area contributed by atoms with Gasteiger partial charge in [0.2, 0.25) is 0 Å². The molecule has 0 aliphatic rings. The molecule has 5 heteroatoms. The van der Waals surface area contributed by atoms with Gasteiger partial charge in [-0.1, -0.05) is 11.7 Å². The van der Waals surface area contributed by atoms with Gasteiger partial charge in [-0.05, 0) is 0 Å². The van der Waals surface area contributed by atoms with E-state index >= 15 is 0 Å². The molecule has 2 nitrogen and oxygen atoms in total. The molecule has 0 amide bonds. The maximum absolute atomic E-state index is 9.56. The maximum atomic E-state index is 9.56. The van der Waals surface area contributed by atoms with Crippen LogP contribution in [0.1, 0.15) is 0 Å². The van der Waals surface area contributed by atoms with E-state index in [2.05, 4.69) is 11.7 Å². The average molecular weight is 126 g/mol. The van der Waals surface area contributed by atoms with Gasteiger partial charge < -0.3 is 0 Å². The Bertz CT molecular complexity index is 90.8. The van der Waals surface area contributed by atoms with E-state index in [1.165, 1.54) is 0 Å². The molecule has 0 fully saturated rings. The van der Waals surface area contributed by atoms with E-state index in [1.807, 2.05) is 0 Å². The largest absolute Gasteiger partial charge is 0.426 e. The second kappa shape index (κ2) is 1.52. The molecule has 0 atom stereocenters. The van der Waals surface area contributed by atoms with E-state index in [0.29, 0.717) is 0 Å². The summed E-state index contributed by atoms with van der Waals surface area (Å²) in [4.78, 5) is 0. The molecule has 0 aliphatic carbocycles. The van der Waals surface area contributed by atoms with Crippen molar-refractivity contribution in [3.8, 4) is 0 Å². The third-order valence-corrected chi connectivity index (χ3v) is 0. The highest BCUT2D eigenvalue weighted by Crippen LogP contribution is 1.80. The second-order valence-corrected chi connectivity index (χ2v) is 9.48. The lowest BCUT2D eigenvalue weighted by atomic mass is 15.9. The highest BCUT2D eigenvalue weighted by molar-refractivity contribution is 8.72. The molecule has 0 saturated heterocycles. The summed E-state index contributed by atoms with van der Waals surface area (Å²) in [5, 5.41) is 0. The molecule has 0 N–H and O–H groups in total. The van der Waals surface area contributed by atoms with E-state index < -0.39 is 7.24 Å². The van der Waals surface area contributed by atoms with Gasteiger partial charge >= 0.3 is 15.2 Å². The van der Waals surface area contributed by atoms with Gasteiger partial charge in [0.25, 0.3) is 0 Å². The van der Waals surface area contributed by atoms with Gasteiger partial charge in [0.1, 0.15) is 0 Å². The SMILES string of the molecule is O=[S](=O)([AlH2])S. The van der Waals surface area contributed by atoms with Crippen molar-refractivity contribution in [3.05, 3.63) is 0 Å². The molecule has 0 rings (SSSR count). The quantitative estimate of drug-likeness (QED) is 0.251. The lowest BCUT2D eigenvalue weighted by Gasteiger charge is -1.69. The molecule has 0 aliphatic heterocycles. The van der Waals surface area contributed by atoms with Crippen molar-refractivity contribution in [1.82, 2.24) is 0 Å². The fourth-order valence-corrected chi connectivity index (χ4v) is 0. The van der Waals surface area contributed by atoms with Gasteiger partial charge in [-0.3, -0.25) is 0 Å². The van der Waals surface area contributed by atoms with E-state index in [1.54, 1.807) is 0 Å². The molecule has 5 heavy (non-hydrogen) atoms. The Morgan fingerprint density at radius 3 is 1.60 bits per heavy atom.